The summed E-state index contributed by atoms with van der Waals surface area (Å²) in [6.07, 6.45) is 4.90. The Balaban J connectivity index is 1.08. The van der Waals surface area contributed by atoms with E-state index in [1.807, 2.05) is 43.2 Å². The predicted octanol–water partition coefficient (Wildman–Crippen LogP) is 8.16. The number of halogens is 5. The second-order valence-electron chi connectivity index (χ2n) is 17.4. The number of fused-ring (bicyclic) bond motifs is 3. The Bertz CT molecular complexity index is 2270. The van der Waals surface area contributed by atoms with Crippen molar-refractivity contribution in [3.63, 3.8) is 0 Å². The molecule has 55 heavy (non-hydrogen) atoms. The van der Waals surface area contributed by atoms with E-state index in [0.717, 1.165) is 49.5 Å². The average Bonchev–Trinajstić information content (AvgIpc) is 3.60. The molecule has 15 heteroatoms. The summed E-state index contributed by atoms with van der Waals surface area (Å²) in [5, 5.41) is 4.31. The van der Waals surface area contributed by atoms with Gasteiger partial charge in [-0.2, -0.15) is 0 Å². The van der Waals surface area contributed by atoms with Crippen LogP contribution in [0.25, 0.3) is 22.3 Å². The predicted molar refractivity (Wildman–Crippen MR) is 201 cm³/mol. The molecule has 4 aromatic rings. The van der Waals surface area contributed by atoms with Crippen LogP contribution in [0.4, 0.5) is 34.8 Å². The van der Waals surface area contributed by atoms with Crippen LogP contribution in [0.15, 0.2) is 30.7 Å². The molecule has 5 aliphatic rings. The smallest absolute Gasteiger partial charge is 0.261 e. The molecule has 0 spiro atoms. The number of imidazole rings is 1. The van der Waals surface area contributed by atoms with Crippen molar-refractivity contribution in [3.05, 3.63) is 58.6 Å². The van der Waals surface area contributed by atoms with Crippen molar-refractivity contribution >= 4 is 51.6 Å². The Morgan fingerprint density at radius 3 is 2.31 bits per heavy atom. The molecule has 2 atom stereocenters. The Hall–Kier alpha value is -4.30. The molecule has 0 bridgehead atoms. The lowest BCUT2D eigenvalue weighted by molar-refractivity contribution is -0.123. The summed E-state index contributed by atoms with van der Waals surface area (Å²) in [6.45, 7) is 12.2. The zero-order chi connectivity index (χ0) is 38.9. The van der Waals surface area contributed by atoms with Crippen molar-refractivity contribution in [3.8, 4) is 11.3 Å². The first kappa shape index (κ1) is 36.3. The van der Waals surface area contributed by atoms with Crippen molar-refractivity contribution in [2.75, 3.05) is 23.3 Å². The largest absolute Gasteiger partial charge is 0.341 e. The Morgan fingerprint density at radius 2 is 1.69 bits per heavy atom. The van der Waals surface area contributed by atoms with Gasteiger partial charge in [0.1, 0.15) is 11.1 Å². The number of nitrogens with one attached hydrogen (secondary N) is 2. The van der Waals surface area contributed by atoms with E-state index >= 15 is 8.78 Å². The van der Waals surface area contributed by atoms with E-state index in [1.165, 1.54) is 12.8 Å². The first-order valence-corrected chi connectivity index (χ1v) is 19.4. The van der Waals surface area contributed by atoms with Crippen LogP contribution in [-0.2, 0) is 10.2 Å². The number of pyridine rings is 2. The van der Waals surface area contributed by atoms with Crippen LogP contribution in [0.5, 0.6) is 0 Å². The van der Waals surface area contributed by atoms with Crippen LogP contribution in [0.3, 0.4) is 0 Å². The fraction of sp³-hybridized carbons (Fsp3) is 0.525. The molecule has 2 N–H and O–H groups in total. The van der Waals surface area contributed by atoms with Crippen molar-refractivity contribution in [1.82, 2.24) is 29.7 Å². The molecule has 1 saturated heterocycles. The maximum absolute atomic E-state index is 15.6. The van der Waals surface area contributed by atoms with Gasteiger partial charge in [-0.3, -0.25) is 19.5 Å². The molecule has 0 radical (unpaired) electrons. The number of likely N-dealkylation sites (tertiary alicyclic amines) is 1. The number of carbonyl (C=O) groups is 2. The van der Waals surface area contributed by atoms with Crippen molar-refractivity contribution < 1.29 is 27.2 Å². The molecule has 2 amide bonds. The van der Waals surface area contributed by atoms with Gasteiger partial charge in [-0.05, 0) is 103 Å². The monoisotopic (exact) mass is 778 g/mol. The van der Waals surface area contributed by atoms with Crippen LogP contribution >= 0.6 is 11.6 Å². The minimum atomic E-state index is -2.83. The molecule has 2 unspecified atom stereocenters. The molecule has 10 nitrogen and oxygen atoms in total. The van der Waals surface area contributed by atoms with Gasteiger partial charge in [0.15, 0.2) is 17.5 Å². The number of hydrogen-bond donors (Lipinski definition) is 2. The zero-order valence-corrected chi connectivity index (χ0v) is 32.1. The summed E-state index contributed by atoms with van der Waals surface area (Å²) in [5.41, 5.74) is -0.121. The number of nitrogens with zero attached hydrogens (tertiary/aromatic N) is 6. The highest BCUT2D eigenvalue weighted by atomic mass is 35.5. The third kappa shape index (κ3) is 5.55. The van der Waals surface area contributed by atoms with Crippen molar-refractivity contribution in [2.24, 2.45) is 11.8 Å². The van der Waals surface area contributed by atoms with Gasteiger partial charge in [0.25, 0.3) is 12.3 Å². The number of rotatable bonds is 9. The Kier molecular flexibility index (Phi) is 8.16. The maximum atomic E-state index is 15.6. The van der Waals surface area contributed by atoms with Crippen LogP contribution in [0, 0.1) is 23.5 Å². The molecule has 9 rings (SSSR count). The van der Waals surface area contributed by atoms with E-state index in [1.54, 1.807) is 18.6 Å². The number of aromatic nitrogens is 4. The van der Waals surface area contributed by atoms with E-state index in [9.17, 15) is 18.4 Å². The van der Waals surface area contributed by atoms with E-state index in [0.29, 0.717) is 28.0 Å². The molecule has 5 heterocycles. The number of anilines is 3. The molecule has 2 aliphatic heterocycles. The van der Waals surface area contributed by atoms with E-state index < -0.39 is 51.2 Å². The van der Waals surface area contributed by atoms with Gasteiger partial charge in [-0.25, -0.2) is 27.5 Å². The first-order chi connectivity index (χ1) is 26.0. The van der Waals surface area contributed by atoms with Crippen molar-refractivity contribution in [1.29, 1.82) is 0 Å². The van der Waals surface area contributed by atoms with Gasteiger partial charge < -0.3 is 20.1 Å². The van der Waals surface area contributed by atoms with E-state index in [4.69, 9.17) is 21.6 Å². The summed E-state index contributed by atoms with van der Waals surface area (Å²) in [5.74, 6) is -2.23. The third-order valence-corrected chi connectivity index (χ3v) is 13.4. The van der Waals surface area contributed by atoms with Gasteiger partial charge in [0.2, 0.25) is 5.91 Å². The zero-order valence-electron chi connectivity index (χ0n) is 31.3. The molecular weight excluding hydrogens is 736 g/mol. The number of benzene rings is 1. The Labute approximate surface area is 321 Å². The molecule has 3 aliphatic carbocycles. The number of alkyl halides is 2. The van der Waals surface area contributed by atoms with Gasteiger partial charge in [0, 0.05) is 42.5 Å². The van der Waals surface area contributed by atoms with Gasteiger partial charge in [0.05, 0.1) is 50.6 Å². The molecule has 3 saturated carbocycles. The number of amides is 2. The minimum Gasteiger partial charge on any atom is -0.341 e. The summed E-state index contributed by atoms with van der Waals surface area (Å²) in [6, 6.07) is 4.60. The SMILES string of the molecule is CC(C)n1cnc2cc(-c3cnc4c(c3)N([C@H]3C[C@@](C)(N5CC6CCC6C5)C3)C(=O)C4(C)C)nc(Nc3cc(C(=O)NC4(C(F)F)CC4)c(Cl)c(F)c3F)c21. The quantitative estimate of drug-likeness (QED) is 0.130. The molecule has 4 fully saturated rings. The van der Waals surface area contributed by atoms with Crippen LogP contribution in [0.1, 0.15) is 95.2 Å². The minimum absolute atomic E-state index is 0.00312. The van der Waals surface area contributed by atoms with E-state index in [2.05, 4.69) is 27.4 Å². The molecule has 3 aromatic heterocycles. The average molecular weight is 779 g/mol. The lowest BCUT2D eigenvalue weighted by Crippen LogP contribution is -2.62. The fourth-order valence-corrected chi connectivity index (χ4v) is 9.45. The normalized spacial score (nSPS) is 26.3. The van der Waals surface area contributed by atoms with Gasteiger partial charge in [-0.1, -0.05) is 11.6 Å². The third-order valence-electron chi connectivity index (χ3n) is 13.1. The maximum Gasteiger partial charge on any atom is 0.261 e. The summed E-state index contributed by atoms with van der Waals surface area (Å²) in [4.78, 5) is 46.1. The van der Waals surface area contributed by atoms with Gasteiger partial charge >= 0.3 is 0 Å². The summed E-state index contributed by atoms with van der Waals surface area (Å²) < 4.78 is 60.0. The second kappa shape index (κ2) is 12.3. The number of carbonyl (C=O) groups excluding carboxylic acids is 2. The van der Waals surface area contributed by atoms with E-state index in [-0.39, 0.29) is 42.2 Å². The molecule has 1 aromatic carbocycles. The summed E-state index contributed by atoms with van der Waals surface area (Å²) >= 11 is 6.08. The highest BCUT2D eigenvalue weighted by molar-refractivity contribution is 6.34. The molecular formula is C40H43ClF4N8O2. The van der Waals surface area contributed by atoms with Crippen LogP contribution < -0.4 is 15.5 Å². The summed E-state index contributed by atoms with van der Waals surface area (Å²) in [7, 11) is 0. The highest BCUT2D eigenvalue weighted by Gasteiger charge is 2.57. The highest BCUT2D eigenvalue weighted by Crippen LogP contribution is 2.52. The molecule has 290 valence electrons. The second-order valence-corrected chi connectivity index (χ2v) is 17.8. The van der Waals surface area contributed by atoms with Gasteiger partial charge in [-0.15, -0.1) is 0 Å². The standard InChI is InChI=1S/C40H43ClF4N8O2/c1-19(2)52-18-47-27-12-25(48-34(32(27)52)49-26-11-24(29(41)31(43)30(26)42)35(54)50-40(8-9-40)36(44)45)22-10-28-33(46-15-22)38(3,4)37(55)53(28)23-13-39(5,14-23)51-16-20-6-7-21(20)17-51/h10-12,15,18-21,23,36H,6-9,13-14,16-17H2,1-5H3,(H,48,49)(H,50,54)/t20?,21?,23-,39+. The topological polar surface area (TPSA) is 108 Å². The van der Waals surface area contributed by atoms with Crippen molar-refractivity contribution in [2.45, 2.75) is 108 Å². The number of hydrogen-bond acceptors (Lipinski definition) is 7. The Morgan fingerprint density at radius 1 is 1.00 bits per heavy atom. The fourth-order valence-electron chi connectivity index (χ4n) is 9.23. The lowest BCUT2D eigenvalue weighted by Gasteiger charge is -2.54. The first-order valence-electron chi connectivity index (χ1n) is 19.0. The van der Waals surface area contributed by atoms with Crippen LogP contribution in [0.2, 0.25) is 5.02 Å². The van der Waals surface area contributed by atoms with Crippen LogP contribution in [-0.4, -0.2) is 72.9 Å². The lowest BCUT2D eigenvalue weighted by atomic mass is 9.72.